The Kier molecular flexibility index (Phi) is 8.80. The van der Waals surface area contributed by atoms with E-state index in [1.165, 1.54) is 0 Å². The summed E-state index contributed by atoms with van der Waals surface area (Å²) in [5.41, 5.74) is 1.01. The number of hydrogen-bond donors (Lipinski definition) is 1. The SMILES string of the molecule is CC(C)(C)OC(=O)N[C@@H](Cc1ccc(OCc2ccccc2)cc1)[C@H](C=O)OS(C)(=O)=O. The monoisotopic (exact) mass is 463 g/mol. The van der Waals surface area contributed by atoms with Gasteiger partial charge in [0.15, 0.2) is 12.4 Å². The van der Waals surface area contributed by atoms with Crippen LogP contribution in [-0.2, 0) is 36.9 Å². The molecule has 2 aromatic carbocycles. The Balaban J connectivity index is 2.11. The van der Waals surface area contributed by atoms with Gasteiger partial charge in [0.05, 0.1) is 12.3 Å². The summed E-state index contributed by atoms with van der Waals surface area (Å²) in [6, 6.07) is 15.8. The molecule has 8 nitrogen and oxygen atoms in total. The van der Waals surface area contributed by atoms with E-state index in [4.69, 9.17) is 13.7 Å². The van der Waals surface area contributed by atoms with Crippen molar-refractivity contribution in [2.45, 2.75) is 51.5 Å². The van der Waals surface area contributed by atoms with Gasteiger partial charge in [-0.2, -0.15) is 8.42 Å². The minimum absolute atomic E-state index is 0.136. The van der Waals surface area contributed by atoms with E-state index >= 15 is 0 Å². The Morgan fingerprint density at radius 2 is 1.66 bits per heavy atom. The van der Waals surface area contributed by atoms with Gasteiger partial charge in [0.2, 0.25) is 0 Å². The zero-order chi connectivity index (χ0) is 23.8. The zero-order valence-electron chi connectivity index (χ0n) is 18.6. The first-order valence-electron chi connectivity index (χ1n) is 10.0. The van der Waals surface area contributed by atoms with Gasteiger partial charge in [-0.15, -0.1) is 0 Å². The topological polar surface area (TPSA) is 108 Å². The second-order valence-corrected chi connectivity index (χ2v) is 9.88. The van der Waals surface area contributed by atoms with Gasteiger partial charge in [-0.25, -0.2) is 4.79 Å². The van der Waals surface area contributed by atoms with Crippen molar-refractivity contribution in [3.8, 4) is 5.75 Å². The van der Waals surface area contributed by atoms with Gasteiger partial charge in [-0.1, -0.05) is 42.5 Å². The Morgan fingerprint density at radius 3 is 2.19 bits per heavy atom. The molecule has 9 heteroatoms. The van der Waals surface area contributed by atoms with Crippen LogP contribution in [0.5, 0.6) is 5.75 Å². The van der Waals surface area contributed by atoms with E-state index in [1.807, 2.05) is 30.3 Å². The largest absolute Gasteiger partial charge is 0.489 e. The number of alkyl carbamates (subject to hydrolysis) is 1. The van der Waals surface area contributed by atoms with Crippen molar-refractivity contribution in [2.75, 3.05) is 6.26 Å². The molecule has 0 aliphatic rings. The van der Waals surface area contributed by atoms with Crippen molar-refractivity contribution < 1.29 is 31.7 Å². The molecule has 0 bridgehead atoms. The standard InChI is InChI=1S/C23H29NO7S/c1-23(2,3)30-22(26)24-20(21(15-25)31-32(4,27)28)14-17-10-12-19(13-11-17)29-16-18-8-6-5-7-9-18/h5-13,15,20-21H,14,16H2,1-4H3,(H,24,26)/t20-,21-/m0/s1. The Labute approximate surface area is 189 Å². The predicted molar refractivity (Wildman–Crippen MR) is 120 cm³/mol. The lowest BCUT2D eigenvalue weighted by molar-refractivity contribution is -0.114. The number of amides is 1. The third-order valence-corrected chi connectivity index (χ3v) is 4.72. The summed E-state index contributed by atoms with van der Waals surface area (Å²) in [6.07, 6.45) is -0.870. The molecule has 1 amide bonds. The first-order chi connectivity index (χ1) is 14.9. The number of aldehydes is 1. The molecule has 2 aromatic rings. The maximum Gasteiger partial charge on any atom is 0.407 e. The molecule has 0 saturated carbocycles. The van der Waals surface area contributed by atoms with Crippen molar-refractivity contribution >= 4 is 22.5 Å². The predicted octanol–water partition coefficient (Wildman–Crippen LogP) is 3.25. The summed E-state index contributed by atoms with van der Waals surface area (Å²) >= 11 is 0. The highest BCUT2D eigenvalue weighted by molar-refractivity contribution is 7.86. The number of benzene rings is 2. The van der Waals surface area contributed by atoms with E-state index < -0.39 is 34.0 Å². The minimum Gasteiger partial charge on any atom is -0.489 e. The first-order valence-corrected chi connectivity index (χ1v) is 11.9. The van der Waals surface area contributed by atoms with Crippen LogP contribution in [-0.4, -0.2) is 44.8 Å². The van der Waals surface area contributed by atoms with Gasteiger partial charge in [-0.3, -0.25) is 4.18 Å². The smallest absolute Gasteiger partial charge is 0.407 e. The molecule has 1 N–H and O–H groups in total. The van der Waals surface area contributed by atoms with Crippen LogP contribution >= 0.6 is 0 Å². The summed E-state index contributed by atoms with van der Waals surface area (Å²) in [5, 5.41) is 2.54. The molecule has 0 saturated heterocycles. The molecule has 0 spiro atoms. The number of hydrogen-bond acceptors (Lipinski definition) is 7. The summed E-state index contributed by atoms with van der Waals surface area (Å²) in [4.78, 5) is 23.8. The van der Waals surface area contributed by atoms with Gasteiger partial charge in [-0.05, 0) is 50.5 Å². The molecule has 0 heterocycles. The molecule has 2 rings (SSSR count). The lowest BCUT2D eigenvalue weighted by Gasteiger charge is -2.26. The molecular formula is C23H29NO7S. The van der Waals surface area contributed by atoms with Crippen LogP contribution in [0.25, 0.3) is 0 Å². The average Bonchev–Trinajstić information content (AvgIpc) is 2.70. The third-order valence-electron chi connectivity index (χ3n) is 4.15. The second kappa shape index (κ2) is 11.1. The quantitative estimate of drug-likeness (QED) is 0.426. The second-order valence-electron chi connectivity index (χ2n) is 8.28. The lowest BCUT2D eigenvalue weighted by Crippen LogP contribution is -2.48. The van der Waals surface area contributed by atoms with E-state index in [9.17, 15) is 18.0 Å². The lowest BCUT2D eigenvalue weighted by atomic mass is 10.0. The fourth-order valence-corrected chi connectivity index (χ4v) is 3.39. The molecule has 0 radical (unpaired) electrons. The number of ether oxygens (including phenoxy) is 2. The van der Waals surface area contributed by atoms with Crippen molar-refractivity contribution in [2.24, 2.45) is 0 Å². The molecule has 0 aliphatic carbocycles. The summed E-state index contributed by atoms with van der Waals surface area (Å²) in [5.74, 6) is 0.647. The van der Waals surface area contributed by atoms with Crippen LogP contribution in [0.15, 0.2) is 54.6 Å². The molecule has 2 atom stereocenters. The molecule has 0 aliphatic heterocycles. The van der Waals surface area contributed by atoms with Crippen LogP contribution in [0.1, 0.15) is 31.9 Å². The molecule has 32 heavy (non-hydrogen) atoms. The number of carbonyl (C=O) groups excluding carboxylic acids is 2. The maximum atomic E-state index is 12.2. The highest BCUT2D eigenvalue weighted by Gasteiger charge is 2.29. The average molecular weight is 464 g/mol. The van der Waals surface area contributed by atoms with Crippen LogP contribution in [0.3, 0.4) is 0 Å². The fraction of sp³-hybridized carbons (Fsp3) is 0.391. The van der Waals surface area contributed by atoms with Gasteiger partial charge in [0.25, 0.3) is 10.1 Å². The van der Waals surface area contributed by atoms with Crippen molar-refractivity contribution in [3.05, 3.63) is 65.7 Å². The van der Waals surface area contributed by atoms with Gasteiger partial charge in [0, 0.05) is 0 Å². The van der Waals surface area contributed by atoms with Crippen LogP contribution in [0.2, 0.25) is 0 Å². The van der Waals surface area contributed by atoms with Crippen molar-refractivity contribution in [1.82, 2.24) is 5.32 Å². The Morgan fingerprint density at radius 1 is 1.03 bits per heavy atom. The number of carbonyl (C=O) groups is 2. The van der Waals surface area contributed by atoms with Crippen molar-refractivity contribution in [3.63, 3.8) is 0 Å². The molecular weight excluding hydrogens is 434 g/mol. The van der Waals surface area contributed by atoms with E-state index in [2.05, 4.69) is 5.32 Å². The highest BCUT2D eigenvalue weighted by Crippen LogP contribution is 2.17. The summed E-state index contributed by atoms with van der Waals surface area (Å²) < 4.78 is 39.0. The Hall–Kier alpha value is -2.91. The van der Waals surface area contributed by atoms with E-state index in [1.54, 1.807) is 45.0 Å². The zero-order valence-corrected chi connectivity index (χ0v) is 19.4. The maximum absolute atomic E-state index is 12.2. The van der Waals surface area contributed by atoms with Gasteiger partial charge < -0.3 is 19.6 Å². The third kappa shape index (κ3) is 9.49. The molecule has 0 unspecified atom stereocenters. The highest BCUT2D eigenvalue weighted by atomic mass is 32.2. The summed E-state index contributed by atoms with van der Waals surface area (Å²) in [7, 11) is -3.93. The number of rotatable bonds is 10. The van der Waals surface area contributed by atoms with Gasteiger partial charge >= 0.3 is 6.09 Å². The van der Waals surface area contributed by atoms with E-state index in [0.29, 0.717) is 18.6 Å². The van der Waals surface area contributed by atoms with E-state index in [0.717, 1.165) is 17.4 Å². The molecule has 0 fully saturated rings. The first kappa shape index (κ1) is 25.4. The number of nitrogens with one attached hydrogen (secondary N) is 1. The van der Waals surface area contributed by atoms with Crippen LogP contribution in [0.4, 0.5) is 4.79 Å². The van der Waals surface area contributed by atoms with E-state index in [-0.39, 0.29) is 6.42 Å². The van der Waals surface area contributed by atoms with Crippen molar-refractivity contribution in [1.29, 1.82) is 0 Å². The van der Waals surface area contributed by atoms with Crippen LogP contribution in [0, 0.1) is 0 Å². The normalized spacial score (nSPS) is 13.6. The molecule has 0 aromatic heterocycles. The molecule has 174 valence electrons. The van der Waals surface area contributed by atoms with Gasteiger partial charge in [0.1, 0.15) is 18.0 Å². The fourth-order valence-electron chi connectivity index (χ4n) is 2.81. The Bertz CT molecular complexity index is 983. The van der Waals surface area contributed by atoms with Crippen LogP contribution < -0.4 is 10.1 Å². The summed E-state index contributed by atoms with van der Waals surface area (Å²) in [6.45, 7) is 5.50. The minimum atomic E-state index is -3.93.